The fraction of sp³-hybridized carbons (Fsp3) is 0.143. The van der Waals surface area contributed by atoms with Gasteiger partial charge in [0.25, 0.3) is 0 Å². The van der Waals surface area contributed by atoms with E-state index < -0.39 is 0 Å². The van der Waals surface area contributed by atoms with Gasteiger partial charge in [-0.1, -0.05) is 12.1 Å². The minimum atomic E-state index is 0.761. The maximum absolute atomic E-state index is 8.77. The first-order chi connectivity index (χ1) is 9.35. The van der Waals surface area contributed by atoms with Crippen molar-refractivity contribution >= 4 is 32.9 Å². The first kappa shape index (κ1) is 12.3. The molecule has 0 unspecified atom stereocenters. The van der Waals surface area contributed by atoms with Gasteiger partial charge >= 0.3 is 0 Å². The van der Waals surface area contributed by atoms with Crippen molar-refractivity contribution in [3.63, 3.8) is 0 Å². The van der Waals surface area contributed by atoms with Gasteiger partial charge in [0.2, 0.25) is 0 Å². The fourth-order valence-electron chi connectivity index (χ4n) is 1.82. The summed E-state index contributed by atoms with van der Waals surface area (Å²) in [6, 6.07) is 14.2. The zero-order chi connectivity index (χ0) is 13.1. The predicted molar refractivity (Wildman–Crippen MR) is 79.2 cm³/mol. The van der Waals surface area contributed by atoms with Gasteiger partial charge in [0.1, 0.15) is 16.0 Å². The van der Waals surface area contributed by atoms with E-state index in [1.54, 1.807) is 11.3 Å². The topological polar surface area (TPSA) is 48.7 Å². The lowest BCUT2D eigenvalue weighted by Gasteiger charge is -1.98. The van der Waals surface area contributed by atoms with Crippen molar-refractivity contribution in [2.45, 2.75) is 13.1 Å². The number of para-hydroxylation sites is 1. The first-order valence-corrected chi connectivity index (χ1v) is 7.52. The number of hydrogen-bond acceptors (Lipinski definition) is 5. The van der Waals surface area contributed by atoms with Gasteiger partial charge in [-0.15, -0.1) is 22.7 Å². The van der Waals surface area contributed by atoms with E-state index in [4.69, 9.17) is 5.26 Å². The Labute approximate surface area is 119 Å². The van der Waals surface area contributed by atoms with E-state index in [1.165, 1.54) is 20.9 Å². The van der Waals surface area contributed by atoms with Crippen LogP contribution in [0.3, 0.4) is 0 Å². The molecular formula is C14H11N3S2. The zero-order valence-electron chi connectivity index (χ0n) is 10.1. The predicted octanol–water partition coefficient (Wildman–Crippen LogP) is 3.52. The first-order valence-electron chi connectivity index (χ1n) is 5.89. The third-order valence-corrected chi connectivity index (χ3v) is 4.71. The number of thiazole rings is 1. The molecule has 3 nitrogen and oxygen atoms in total. The Morgan fingerprint density at radius 2 is 2.00 bits per heavy atom. The molecule has 94 valence electrons. The van der Waals surface area contributed by atoms with Crippen LogP contribution in [0.25, 0.3) is 10.2 Å². The molecule has 0 aliphatic rings. The Balaban J connectivity index is 1.61. The van der Waals surface area contributed by atoms with Crippen LogP contribution in [0.5, 0.6) is 0 Å². The van der Waals surface area contributed by atoms with E-state index in [9.17, 15) is 0 Å². The lowest BCUT2D eigenvalue weighted by atomic mass is 10.3. The molecule has 0 saturated heterocycles. The average molecular weight is 285 g/mol. The molecule has 0 atom stereocenters. The summed E-state index contributed by atoms with van der Waals surface area (Å²) in [5.41, 5.74) is 1.06. The second-order valence-electron chi connectivity index (χ2n) is 4.06. The van der Waals surface area contributed by atoms with Crippen LogP contribution in [0, 0.1) is 11.3 Å². The molecular weight excluding hydrogens is 274 g/mol. The van der Waals surface area contributed by atoms with Crippen LogP contribution in [-0.4, -0.2) is 4.98 Å². The number of nitrogens with zero attached hydrogens (tertiary/aromatic N) is 2. The van der Waals surface area contributed by atoms with E-state index in [-0.39, 0.29) is 0 Å². The molecule has 2 heterocycles. The van der Waals surface area contributed by atoms with E-state index in [2.05, 4.69) is 22.4 Å². The average Bonchev–Trinajstić information content (AvgIpc) is 3.04. The maximum atomic E-state index is 8.77. The molecule has 1 N–H and O–H groups in total. The van der Waals surface area contributed by atoms with Crippen molar-refractivity contribution in [3.8, 4) is 6.07 Å². The van der Waals surface area contributed by atoms with Crippen molar-refractivity contribution in [3.05, 3.63) is 51.2 Å². The maximum Gasteiger partial charge on any atom is 0.110 e. The SMILES string of the molecule is N#Cc1ccc(CNCc2nc3ccccc3s2)s1. The van der Waals surface area contributed by atoms with Gasteiger partial charge in [0.05, 0.1) is 10.2 Å². The third-order valence-electron chi connectivity index (χ3n) is 2.69. The molecule has 0 saturated carbocycles. The summed E-state index contributed by atoms with van der Waals surface area (Å²) < 4.78 is 1.22. The second-order valence-corrected chi connectivity index (χ2v) is 6.34. The molecule has 0 amide bonds. The number of thiophene rings is 1. The summed E-state index contributed by atoms with van der Waals surface area (Å²) in [5, 5.41) is 13.2. The molecule has 0 spiro atoms. The largest absolute Gasteiger partial charge is 0.306 e. The van der Waals surface area contributed by atoms with E-state index >= 15 is 0 Å². The second kappa shape index (κ2) is 5.49. The van der Waals surface area contributed by atoms with Gasteiger partial charge in [-0.25, -0.2) is 4.98 Å². The van der Waals surface area contributed by atoms with Crippen LogP contribution in [0.4, 0.5) is 0 Å². The standard InChI is InChI=1S/C14H11N3S2/c15-7-10-5-6-11(18-10)8-16-9-14-17-12-3-1-2-4-13(12)19-14/h1-6,16H,8-9H2. The number of hydrogen-bond donors (Lipinski definition) is 1. The Kier molecular flexibility index (Phi) is 3.56. The van der Waals surface area contributed by atoms with Crippen molar-refractivity contribution in [2.75, 3.05) is 0 Å². The molecule has 1 aromatic carbocycles. The van der Waals surface area contributed by atoms with Crippen LogP contribution in [0.15, 0.2) is 36.4 Å². The summed E-state index contributed by atoms with van der Waals surface area (Å²) in [5.74, 6) is 0. The minimum absolute atomic E-state index is 0.761. The highest BCUT2D eigenvalue weighted by molar-refractivity contribution is 7.18. The van der Waals surface area contributed by atoms with Gasteiger partial charge in [0.15, 0.2) is 0 Å². The number of benzene rings is 1. The third kappa shape index (κ3) is 2.82. The van der Waals surface area contributed by atoms with Crippen LogP contribution in [0.2, 0.25) is 0 Å². The van der Waals surface area contributed by atoms with Crippen LogP contribution in [-0.2, 0) is 13.1 Å². The van der Waals surface area contributed by atoms with Crippen molar-refractivity contribution in [1.29, 1.82) is 5.26 Å². The van der Waals surface area contributed by atoms with Gasteiger partial charge in [0, 0.05) is 18.0 Å². The molecule has 0 aliphatic heterocycles. The van der Waals surface area contributed by atoms with Crippen LogP contribution >= 0.6 is 22.7 Å². The molecule has 5 heteroatoms. The summed E-state index contributed by atoms with van der Waals surface area (Å²) in [4.78, 5) is 6.51. The summed E-state index contributed by atoms with van der Waals surface area (Å²) >= 11 is 3.25. The van der Waals surface area contributed by atoms with E-state index in [0.29, 0.717) is 0 Å². The quantitative estimate of drug-likeness (QED) is 0.798. The highest BCUT2D eigenvalue weighted by Crippen LogP contribution is 2.21. The number of nitrogens with one attached hydrogen (secondary N) is 1. The van der Waals surface area contributed by atoms with E-state index in [0.717, 1.165) is 28.5 Å². The monoisotopic (exact) mass is 285 g/mol. The van der Waals surface area contributed by atoms with Gasteiger partial charge in [-0.05, 0) is 24.3 Å². The number of rotatable bonds is 4. The van der Waals surface area contributed by atoms with E-state index in [1.807, 2.05) is 30.3 Å². The van der Waals surface area contributed by atoms with Crippen molar-refractivity contribution in [1.82, 2.24) is 10.3 Å². The molecule has 0 bridgehead atoms. The highest BCUT2D eigenvalue weighted by Gasteiger charge is 2.03. The lowest BCUT2D eigenvalue weighted by Crippen LogP contribution is -2.11. The Bertz CT molecular complexity index is 703. The Morgan fingerprint density at radius 3 is 2.79 bits per heavy atom. The summed E-state index contributed by atoms with van der Waals surface area (Å²) in [6.07, 6.45) is 0. The molecule has 2 aromatic heterocycles. The smallest absolute Gasteiger partial charge is 0.110 e. The van der Waals surface area contributed by atoms with Gasteiger partial charge < -0.3 is 5.32 Å². The van der Waals surface area contributed by atoms with Crippen molar-refractivity contribution < 1.29 is 0 Å². The molecule has 3 rings (SSSR count). The molecule has 0 aliphatic carbocycles. The highest BCUT2D eigenvalue weighted by atomic mass is 32.1. The molecule has 19 heavy (non-hydrogen) atoms. The minimum Gasteiger partial charge on any atom is -0.306 e. The van der Waals surface area contributed by atoms with Crippen LogP contribution in [0.1, 0.15) is 14.8 Å². The molecule has 0 radical (unpaired) electrons. The van der Waals surface area contributed by atoms with Crippen LogP contribution < -0.4 is 5.32 Å². The Morgan fingerprint density at radius 1 is 1.11 bits per heavy atom. The Hall–Kier alpha value is -1.74. The summed E-state index contributed by atoms with van der Waals surface area (Å²) in [7, 11) is 0. The van der Waals surface area contributed by atoms with Crippen molar-refractivity contribution in [2.24, 2.45) is 0 Å². The molecule has 0 fully saturated rings. The van der Waals surface area contributed by atoms with Gasteiger partial charge in [-0.3, -0.25) is 0 Å². The van der Waals surface area contributed by atoms with Gasteiger partial charge in [-0.2, -0.15) is 5.26 Å². The molecule has 3 aromatic rings. The zero-order valence-corrected chi connectivity index (χ0v) is 11.7. The number of nitriles is 1. The fourth-order valence-corrected chi connectivity index (χ4v) is 3.53. The summed E-state index contributed by atoms with van der Waals surface area (Å²) in [6.45, 7) is 1.54. The number of fused-ring (bicyclic) bond motifs is 1. The number of aromatic nitrogens is 1. The normalized spacial score (nSPS) is 10.7. The lowest BCUT2D eigenvalue weighted by molar-refractivity contribution is 0.698.